The van der Waals surface area contributed by atoms with Crippen LogP contribution < -0.4 is 10.5 Å². The molecule has 0 unspecified atom stereocenters. The Labute approximate surface area is 186 Å². The molecule has 1 heterocycles. The molecule has 162 valence electrons. The van der Waals surface area contributed by atoms with Gasteiger partial charge in [0.15, 0.2) is 0 Å². The van der Waals surface area contributed by atoms with E-state index in [2.05, 4.69) is 52.7 Å². The molecule has 1 fully saturated rings. The van der Waals surface area contributed by atoms with Gasteiger partial charge in [-0.15, -0.1) is 5.10 Å². The lowest BCUT2D eigenvalue weighted by Gasteiger charge is -2.31. The largest absolute Gasteiger partial charge is 0.492 e. The summed E-state index contributed by atoms with van der Waals surface area (Å²) < 4.78 is 20.0. The Bertz CT molecular complexity index is 1240. The van der Waals surface area contributed by atoms with Gasteiger partial charge in [-0.05, 0) is 70.9 Å². The third-order valence-electron chi connectivity index (χ3n) is 6.20. The number of nitrogens with two attached hydrogens (primary N) is 1. The maximum Gasteiger partial charge on any atom is 0.240 e. The van der Waals surface area contributed by atoms with E-state index in [0.717, 1.165) is 35.3 Å². The van der Waals surface area contributed by atoms with Crippen molar-refractivity contribution in [3.8, 4) is 5.75 Å². The van der Waals surface area contributed by atoms with Crippen LogP contribution in [0, 0.1) is 11.9 Å². The summed E-state index contributed by atoms with van der Waals surface area (Å²) in [5, 5.41) is 7.00. The van der Waals surface area contributed by atoms with Crippen LogP contribution in [0.5, 0.6) is 5.75 Å². The quantitative estimate of drug-likeness (QED) is 0.367. The van der Waals surface area contributed by atoms with Gasteiger partial charge in [-0.25, -0.2) is 0 Å². The average Bonchev–Trinajstić information content (AvgIpc) is 3.17. The molecule has 0 bridgehead atoms. The van der Waals surface area contributed by atoms with Crippen molar-refractivity contribution in [2.75, 3.05) is 13.2 Å². The van der Waals surface area contributed by atoms with E-state index in [0.29, 0.717) is 30.0 Å². The number of aromatic nitrogens is 2. The lowest BCUT2D eigenvalue weighted by atomic mass is 9.73. The molecule has 32 heavy (non-hydrogen) atoms. The normalized spacial score (nSPS) is 14.8. The zero-order chi connectivity index (χ0) is 21.9. The first kappa shape index (κ1) is 20.5. The first-order valence-electron chi connectivity index (χ1n) is 11.1. The number of fused-ring (bicyclic) bond motifs is 1. The number of aromatic amines is 1. The lowest BCUT2D eigenvalue weighted by molar-refractivity contribution is 0.328. The Balaban J connectivity index is 1.72. The number of allylic oxidation sites excluding steroid dienone is 1. The SMILES string of the molecule is NCCOc1ccc(/C(=C(\c2ccccc2)C2CCC2)c2ccc3[nH]nc(F)c3c2)cc1. The second-order valence-electron chi connectivity index (χ2n) is 8.22. The second kappa shape index (κ2) is 8.97. The molecule has 3 aromatic carbocycles. The molecule has 0 amide bonds. The predicted octanol–water partition coefficient (Wildman–Crippen LogP) is 5.80. The highest BCUT2D eigenvalue weighted by Gasteiger charge is 2.27. The molecule has 1 aliphatic rings. The Morgan fingerprint density at radius 2 is 1.72 bits per heavy atom. The second-order valence-corrected chi connectivity index (χ2v) is 8.22. The van der Waals surface area contributed by atoms with E-state index in [1.165, 1.54) is 17.6 Å². The summed E-state index contributed by atoms with van der Waals surface area (Å²) in [6.07, 6.45) is 3.55. The molecule has 1 saturated carbocycles. The molecular weight excluding hydrogens is 401 g/mol. The number of hydrogen-bond acceptors (Lipinski definition) is 3. The average molecular weight is 428 g/mol. The van der Waals surface area contributed by atoms with Gasteiger partial charge in [0.25, 0.3) is 0 Å². The smallest absolute Gasteiger partial charge is 0.240 e. The predicted molar refractivity (Wildman–Crippen MR) is 127 cm³/mol. The molecule has 4 aromatic rings. The van der Waals surface area contributed by atoms with Gasteiger partial charge in [0.1, 0.15) is 12.4 Å². The third kappa shape index (κ3) is 3.92. The van der Waals surface area contributed by atoms with Crippen LogP contribution in [-0.2, 0) is 0 Å². The van der Waals surface area contributed by atoms with Crippen molar-refractivity contribution in [3.63, 3.8) is 0 Å². The van der Waals surface area contributed by atoms with Crippen molar-refractivity contribution >= 4 is 22.0 Å². The molecule has 1 aromatic heterocycles. The summed E-state index contributed by atoms with van der Waals surface area (Å²) >= 11 is 0. The van der Waals surface area contributed by atoms with Gasteiger partial charge in [-0.2, -0.15) is 4.39 Å². The molecule has 1 aliphatic carbocycles. The van der Waals surface area contributed by atoms with Crippen molar-refractivity contribution in [1.82, 2.24) is 10.2 Å². The fourth-order valence-corrected chi connectivity index (χ4v) is 4.41. The summed E-state index contributed by atoms with van der Waals surface area (Å²) in [5.41, 5.74) is 12.0. The minimum atomic E-state index is -0.475. The summed E-state index contributed by atoms with van der Waals surface area (Å²) in [6, 6.07) is 24.5. The van der Waals surface area contributed by atoms with Crippen LogP contribution in [0.3, 0.4) is 0 Å². The molecular formula is C27H26FN3O. The van der Waals surface area contributed by atoms with Gasteiger partial charge < -0.3 is 10.5 Å². The number of H-pyrrole nitrogens is 1. The molecule has 0 saturated heterocycles. The van der Waals surface area contributed by atoms with E-state index < -0.39 is 5.95 Å². The monoisotopic (exact) mass is 427 g/mol. The Morgan fingerprint density at radius 3 is 2.41 bits per heavy atom. The number of rotatable bonds is 7. The van der Waals surface area contributed by atoms with E-state index in [1.807, 2.05) is 30.3 Å². The Kier molecular flexibility index (Phi) is 5.73. The zero-order valence-electron chi connectivity index (χ0n) is 17.9. The molecule has 3 N–H and O–H groups in total. The number of benzene rings is 3. The van der Waals surface area contributed by atoms with Crippen molar-refractivity contribution in [2.45, 2.75) is 19.3 Å². The first-order chi connectivity index (χ1) is 15.7. The van der Waals surface area contributed by atoms with Crippen molar-refractivity contribution in [1.29, 1.82) is 0 Å². The van der Waals surface area contributed by atoms with Crippen molar-refractivity contribution < 1.29 is 9.13 Å². The molecule has 5 rings (SSSR count). The Hall–Kier alpha value is -3.44. The van der Waals surface area contributed by atoms with Crippen LogP contribution in [-0.4, -0.2) is 23.3 Å². The van der Waals surface area contributed by atoms with Gasteiger partial charge in [-0.1, -0.05) is 55.0 Å². The maximum atomic E-state index is 14.3. The van der Waals surface area contributed by atoms with E-state index in [4.69, 9.17) is 10.5 Å². The van der Waals surface area contributed by atoms with Gasteiger partial charge in [-0.3, -0.25) is 5.10 Å². The summed E-state index contributed by atoms with van der Waals surface area (Å²) in [4.78, 5) is 0. The molecule has 0 aliphatic heterocycles. The van der Waals surface area contributed by atoms with Crippen LogP contribution in [0.2, 0.25) is 0 Å². The number of nitrogens with one attached hydrogen (secondary N) is 1. The van der Waals surface area contributed by atoms with Crippen LogP contribution in [0.1, 0.15) is 36.0 Å². The number of halogens is 1. The fourth-order valence-electron chi connectivity index (χ4n) is 4.41. The minimum Gasteiger partial charge on any atom is -0.492 e. The summed E-state index contributed by atoms with van der Waals surface area (Å²) in [6.45, 7) is 0.957. The Morgan fingerprint density at radius 1 is 0.969 bits per heavy atom. The molecule has 0 atom stereocenters. The number of nitrogens with zero attached hydrogens (tertiary/aromatic N) is 1. The molecule has 4 nitrogen and oxygen atoms in total. The highest BCUT2D eigenvalue weighted by Crippen LogP contribution is 2.45. The topological polar surface area (TPSA) is 63.9 Å². The number of hydrogen-bond donors (Lipinski definition) is 2. The van der Waals surface area contributed by atoms with E-state index >= 15 is 0 Å². The first-order valence-corrected chi connectivity index (χ1v) is 11.1. The van der Waals surface area contributed by atoms with E-state index in [9.17, 15) is 4.39 Å². The fraction of sp³-hybridized carbons (Fsp3) is 0.222. The van der Waals surface area contributed by atoms with Gasteiger partial charge in [0, 0.05) is 6.54 Å². The zero-order valence-corrected chi connectivity index (χ0v) is 17.9. The van der Waals surface area contributed by atoms with E-state index in [-0.39, 0.29) is 0 Å². The molecule has 5 heteroatoms. The highest BCUT2D eigenvalue weighted by atomic mass is 19.1. The molecule has 0 radical (unpaired) electrons. The van der Waals surface area contributed by atoms with Crippen molar-refractivity contribution in [2.24, 2.45) is 11.7 Å². The molecule has 0 spiro atoms. The van der Waals surface area contributed by atoms with Crippen LogP contribution in [0.4, 0.5) is 4.39 Å². The maximum absolute atomic E-state index is 14.3. The van der Waals surface area contributed by atoms with Gasteiger partial charge in [0.2, 0.25) is 5.95 Å². The highest BCUT2D eigenvalue weighted by molar-refractivity contribution is 6.01. The van der Waals surface area contributed by atoms with Crippen LogP contribution >= 0.6 is 0 Å². The summed E-state index contributed by atoms with van der Waals surface area (Å²) in [5.74, 6) is 0.793. The van der Waals surface area contributed by atoms with Crippen LogP contribution in [0.25, 0.3) is 22.0 Å². The van der Waals surface area contributed by atoms with Gasteiger partial charge >= 0.3 is 0 Å². The van der Waals surface area contributed by atoms with Gasteiger partial charge in [0.05, 0.1) is 10.9 Å². The third-order valence-corrected chi connectivity index (χ3v) is 6.20. The minimum absolute atomic E-state index is 0.475. The standard InChI is InChI=1S/C27H26FN3O/c28-27-23-17-21(11-14-24(23)30-31-27)26(20-9-12-22(13-10-20)32-16-15-29)25(19-7-4-8-19)18-5-2-1-3-6-18/h1-3,5-6,9-14,17,19H,4,7-8,15-16,29H2,(H,30,31)/b26-25-. The van der Waals surface area contributed by atoms with Crippen LogP contribution in [0.15, 0.2) is 72.8 Å². The number of ether oxygens (including phenoxy) is 1. The van der Waals surface area contributed by atoms with E-state index in [1.54, 1.807) is 0 Å². The summed E-state index contributed by atoms with van der Waals surface area (Å²) in [7, 11) is 0. The van der Waals surface area contributed by atoms with Crippen molar-refractivity contribution in [3.05, 3.63) is 95.4 Å². The lowest BCUT2D eigenvalue weighted by Crippen LogP contribution is -2.15.